The van der Waals surface area contributed by atoms with Gasteiger partial charge in [-0.05, 0) is 17.7 Å². The zero-order chi connectivity index (χ0) is 14.8. The third-order valence-electron chi connectivity index (χ3n) is 3.03. The van der Waals surface area contributed by atoms with Crippen molar-refractivity contribution in [3.05, 3.63) is 44.8 Å². The van der Waals surface area contributed by atoms with E-state index in [0.717, 1.165) is 5.56 Å². The van der Waals surface area contributed by atoms with Crippen molar-refractivity contribution in [1.29, 1.82) is 0 Å². The van der Waals surface area contributed by atoms with E-state index in [1.54, 1.807) is 17.0 Å². The first-order chi connectivity index (χ1) is 8.51. The molecule has 0 spiro atoms. The molecule has 0 aliphatic carbocycles. The number of nitro benzene ring substituents is 1. The molecule has 1 aromatic carbocycles. The highest BCUT2D eigenvalue weighted by molar-refractivity contribution is 7.05. The number of non-ortho nitro benzene ring substituents is 1. The molecule has 0 aliphatic heterocycles. The second kappa shape index (κ2) is 5.42. The van der Waals surface area contributed by atoms with E-state index in [9.17, 15) is 10.1 Å². The zero-order valence-corrected chi connectivity index (χ0v) is 14.7. The lowest BCUT2D eigenvalue weighted by atomic mass is 10.2. The van der Waals surface area contributed by atoms with Gasteiger partial charge in [-0.1, -0.05) is 50.2 Å². The Bertz CT molecular complexity index is 478. The average molecular weight is 294 g/mol. The number of nitro groups is 1. The van der Waals surface area contributed by atoms with Gasteiger partial charge in [-0.25, -0.2) is 0 Å². The summed E-state index contributed by atoms with van der Waals surface area (Å²) in [4.78, 5) is 11.9. The van der Waals surface area contributed by atoms with Crippen LogP contribution in [0, 0.1) is 10.1 Å². The molecule has 0 fully saturated rings. The molecule has 0 N–H and O–H groups in total. The van der Waals surface area contributed by atoms with Gasteiger partial charge in [0.25, 0.3) is 5.69 Å². The Balaban J connectivity index is 3.20. The highest BCUT2D eigenvalue weighted by atomic mass is 28.4. The lowest BCUT2D eigenvalue weighted by Gasteiger charge is -2.31. The predicted octanol–water partition coefficient (Wildman–Crippen LogP) is 4.73. The van der Waals surface area contributed by atoms with Gasteiger partial charge in [-0.15, -0.1) is 0 Å². The van der Waals surface area contributed by atoms with Crippen LogP contribution in [0.4, 0.5) is 5.69 Å². The Labute approximate surface area is 117 Å². The highest BCUT2D eigenvalue weighted by Gasteiger charge is 2.30. The molecule has 0 atom stereocenters. The van der Waals surface area contributed by atoms with Crippen molar-refractivity contribution in [1.82, 2.24) is 0 Å². The van der Waals surface area contributed by atoms with E-state index < -0.39 is 16.1 Å². The fourth-order valence-electron chi connectivity index (χ4n) is 2.42. The smallest absolute Gasteiger partial charge is 0.258 e. The monoisotopic (exact) mass is 293 g/mol. The van der Waals surface area contributed by atoms with E-state index in [1.807, 2.05) is 12.1 Å². The van der Waals surface area contributed by atoms with Gasteiger partial charge in [-0.3, -0.25) is 10.1 Å². The van der Waals surface area contributed by atoms with Gasteiger partial charge in [0.2, 0.25) is 0 Å². The maximum Gasteiger partial charge on any atom is 0.269 e. The van der Waals surface area contributed by atoms with Crippen LogP contribution < -0.4 is 0 Å². The highest BCUT2D eigenvalue weighted by Crippen LogP contribution is 2.28. The minimum atomic E-state index is -1.35. The number of benzene rings is 1. The maximum atomic E-state index is 10.7. The summed E-state index contributed by atoms with van der Waals surface area (Å²) < 4.78 is 0. The zero-order valence-electron chi connectivity index (χ0n) is 12.7. The first kappa shape index (κ1) is 15.8. The van der Waals surface area contributed by atoms with Crippen molar-refractivity contribution < 1.29 is 4.92 Å². The van der Waals surface area contributed by atoms with Crippen molar-refractivity contribution in [3.63, 3.8) is 0 Å². The first-order valence-electron chi connectivity index (χ1n) is 6.49. The van der Waals surface area contributed by atoms with E-state index in [-0.39, 0.29) is 10.6 Å². The third-order valence-corrected chi connectivity index (χ3v) is 11.1. The Kier molecular flexibility index (Phi) is 4.52. The van der Waals surface area contributed by atoms with E-state index in [4.69, 9.17) is 0 Å². The second-order valence-electron chi connectivity index (χ2n) is 6.91. The van der Waals surface area contributed by atoms with Gasteiger partial charge in [0, 0.05) is 12.1 Å². The van der Waals surface area contributed by atoms with Crippen LogP contribution in [0.25, 0.3) is 6.08 Å². The molecule has 0 amide bonds. The standard InChI is InChI=1S/C14H23NO2Si2/c1-18(2,3)14(19(4,5)6)11-12-7-9-13(10-8-12)15(16)17/h7-11H,1-6H3. The number of hydrogen-bond acceptors (Lipinski definition) is 2. The van der Waals surface area contributed by atoms with E-state index in [2.05, 4.69) is 45.4 Å². The summed E-state index contributed by atoms with van der Waals surface area (Å²) in [5.74, 6) is 0. The summed E-state index contributed by atoms with van der Waals surface area (Å²) in [6.07, 6.45) is 2.27. The van der Waals surface area contributed by atoms with Crippen molar-refractivity contribution in [2.45, 2.75) is 39.3 Å². The van der Waals surface area contributed by atoms with E-state index in [0.29, 0.717) is 0 Å². The van der Waals surface area contributed by atoms with Crippen LogP contribution in [-0.2, 0) is 0 Å². The van der Waals surface area contributed by atoms with Crippen LogP contribution in [0.5, 0.6) is 0 Å². The fraction of sp³-hybridized carbons (Fsp3) is 0.429. The minimum absolute atomic E-state index is 0.153. The molecule has 0 radical (unpaired) electrons. The lowest BCUT2D eigenvalue weighted by Crippen LogP contribution is -2.39. The Hall–Kier alpha value is -1.21. The molecule has 0 saturated heterocycles. The second-order valence-corrected chi connectivity index (χ2v) is 17.5. The quantitative estimate of drug-likeness (QED) is 0.457. The molecular formula is C14H23NO2Si2. The van der Waals surface area contributed by atoms with Gasteiger partial charge in [-0.2, -0.15) is 0 Å². The molecule has 3 nitrogen and oxygen atoms in total. The molecule has 0 heterocycles. The average Bonchev–Trinajstić information content (AvgIpc) is 2.23. The van der Waals surface area contributed by atoms with Gasteiger partial charge in [0.05, 0.1) is 21.1 Å². The SMILES string of the molecule is C[Si](C)(C)C(=Cc1ccc([N+](=O)[O-])cc1)[Si](C)(C)C. The summed E-state index contributed by atoms with van der Waals surface area (Å²) in [6.45, 7) is 14.2. The lowest BCUT2D eigenvalue weighted by molar-refractivity contribution is -0.384. The van der Waals surface area contributed by atoms with Crippen LogP contribution in [0.2, 0.25) is 39.3 Å². The summed E-state index contributed by atoms with van der Waals surface area (Å²) in [6, 6.07) is 6.85. The molecule has 0 bridgehead atoms. The molecule has 0 unspecified atom stereocenters. The van der Waals surface area contributed by atoms with Crippen molar-refractivity contribution in [3.8, 4) is 0 Å². The van der Waals surface area contributed by atoms with E-state index >= 15 is 0 Å². The Morgan fingerprint density at radius 3 is 1.74 bits per heavy atom. The van der Waals surface area contributed by atoms with Crippen molar-refractivity contribution in [2.75, 3.05) is 0 Å². The topological polar surface area (TPSA) is 43.1 Å². The van der Waals surface area contributed by atoms with Gasteiger partial charge >= 0.3 is 0 Å². The first-order valence-corrected chi connectivity index (χ1v) is 13.5. The Morgan fingerprint density at radius 1 is 1.00 bits per heavy atom. The molecule has 1 aromatic rings. The molecule has 104 valence electrons. The minimum Gasteiger partial charge on any atom is -0.258 e. The summed E-state index contributed by atoms with van der Waals surface area (Å²) in [7, 11) is -2.70. The molecule has 19 heavy (non-hydrogen) atoms. The fourth-order valence-corrected chi connectivity index (χ4v) is 12.6. The van der Waals surface area contributed by atoms with Crippen LogP contribution in [0.3, 0.4) is 0 Å². The van der Waals surface area contributed by atoms with Gasteiger partial charge in [0.15, 0.2) is 0 Å². The maximum absolute atomic E-state index is 10.7. The molecule has 1 rings (SSSR count). The number of rotatable bonds is 4. The summed E-state index contributed by atoms with van der Waals surface area (Å²) in [5, 5.41) is 10.7. The molecular weight excluding hydrogens is 270 g/mol. The summed E-state index contributed by atoms with van der Waals surface area (Å²) >= 11 is 0. The van der Waals surface area contributed by atoms with Crippen molar-refractivity contribution >= 4 is 27.9 Å². The van der Waals surface area contributed by atoms with Crippen LogP contribution in [0.1, 0.15) is 5.56 Å². The van der Waals surface area contributed by atoms with Crippen LogP contribution in [-0.4, -0.2) is 21.1 Å². The number of hydrogen-bond donors (Lipinski definition) is 0. The van der Waals surface area contributed by atoms with Crippen molar-refractivity contribution in [2.24, 2.45) is 0 Å². The molecule has 0 aromatic heterocycles. The third kappa shape index (κ3) is 4.43. The predicted molar refractivity (Wildman–Crippen MR) is 87.8 cm³/mol. The molecule has 0 aliphatic rings. The summed E-state index contributed by atoms with van der Waals surface area (Å²) in [5.41, 5.74) is 1.23. The normalized spacial score (nSPS) is 12.1. The largest absolute Gasteiger partial charge is 0.269 e. The van der Waals surface area contributed by atoms with E-state index in [1.165, 1.54) is 0 Å². The number of nitrogens with zero attached hydrogens (tertiary/aromatic N) is 1. The molecule has 5 heteroatoms. The molecule has 0 saturated carbocycles. The van der Waals surface area contributed by atoms with Gasteiger partial charge in [0.1, 0.15) is 0 Å². The van der Waals surface area contributed by atoms with Crippen LogP contribution >= 0.6 is 0 Å². The Morgan fingerprint density at radius 2 is 1.42 bits per heavy atom. The van der Waals surface area contributed by atoms with Crippen LogP contribution in [0.15, 0.2) is 29.1 Å². The van der Waals surface area contributed by atoms with Gasteiger partial charge < -0.3 is 0 Å².